The van der Waals surface area contributed by atoms with Gasteiger partial charge in [0.2, 0.25) is 0 Å². The Bertz CT molecular complexity index is 881. The van der Waals surface area contributed by atoms with E-state index in [0.717, 1.165) is 16.6 Å². The maximum Gasteiger partial charge on any atom is 0.412 e. The molecule has 0 atom stereocenters. The molecule has 6 heteroatoms. The van der Waals surface area contributed by atoms with E-state index in [9.17, 15) is 4.79 Å². The molecule has 0 spiro atoms. The zero-order chi connectivity index (χ0) is 17.9. The van der Waals surface area contributed by atoms with Crippen molar-refractivity contribution in [2.75, 3.05) is 10.6 Å². The van der Waals surface area contributed by atoms with E-state index in [1.54, 1.807) is 24.5 Å². The summed E-state index contributed by atoms with van der Waals surface area (Å²) in [5.41, 5.74) is 1.78. The Morgan fingerprint density at radius 3 is 2.56 bits per heavy atom. The van der Waals surface area contributed by atoms with Crippen LogP contribution in [0, 0.1) is 0 Å². The number of rotatable bonds is 3. The number of anilines is 3. The lowest BCUT2D eigenvalue weighted by atomic mass is 10.2. The molecule has 0 aliphatic carbocycles. The number of pyridine rings is 2. The molecule has 6 nitrogen and oxygen atoms in total. The highest BCUT2D eigenvalue weighted by Crippen LogP contribution is 2.24. The van der Waals surface area contributed by atoms with E-state index >= 15 is 0 Å². The highest BCUT2D eigenvalue weighted by atomic mass is 16.6. The fourth-order valence-electron chi connectivity index (χ4n) is 2.31. The summed E-state index contributed by atoms with van der Waals surface area (Å²) in [6, 6.07) is 13.4. The Kier molecular flexibility index (Phi) is 4.52. The molecular weight excluding hydrogens is 316 g/mol. The van der Waals surface area contributed by atoms with Gasteiger partial charge in [-0.1, -0.05) is 18.2 Å². The molecule has 1 aromatic carbocycles. The molecule has 3 aromatic rings. The summed E-state index contributed by atoms with van der Waals surface area (Å²) in [6.45, 7) is 5.45. The molecule has 0 radical (unpaired) electrons. The number of nitrogens with zero attached hydrogens (tertiary/aromatic N) is 2. The third-order valence-electron chi connectivity index (χ3n) is 3.30. The third kappa shape index (κ3) is 4.44. The number of hydrogen-bond acceptors (Lipinski definition) is 5. The van der Waals surface area contributed by atoms with Gasteiger partial charge in [-0.25, -0.2) is 9.78 Å². The van der Waals surface area contributed by atoms with Crippen LogP contribution < -0.4 is 10.6 Å². The van der Waals surface area contributed by atoms with Gasteiger partial charge in [-0.2, -0.15) is 0 Å². The van der Waals surface area contributed by atoms with Crippen LogP contribution in [0.1, 0.15) is 20.8 Å². The number of nitrogens with one attached hydrogen (secondary N) is 2. The summed E-state index contributed by atoms with van der Waals surface area (Å²) < 4.78 is 5.21. The normalized spacial score (nSPS) is 11.2. The number of para-hydroxylation sites is 1. The van der Waals surface area contributed by atoms with Crippen LogP contribution in [0.15, 0.2) is 54.9 Å². The lowest BCUT2D eigenvalue weighted by molar-refractivity contribution is 0.0636. The average Bonchev–Trinajstić information content (AvgIpc) is 2.55. The minimum Gasteiger partial charge on any atom is -0.444 e. The van der Waals surface area contributed by atoms with Gasteiger partial charge in [-0.3, -0.25) is 10.3 Å². The van der Waals surface area contributed by atoms with Gasteiger partial charge in [0.05, 0.1) is 23.1 Å². The number of carbonyl (C=O) groups excluding carboxylic acids is 1. The predicted molar refractivity (Wildman–Crippen MR) is 99.1 cm³/mol. The van der Waals surface area contributed by atoms with Crippen molar-refractivity contribution in [1.29, 1.82) is 0 Å². The zero-order valence-electron chi connectivity index (χ0n) is 14.4. The monoisotopic (exact) mass is 336 g/mol. The molecular formula is C19H20N4O2. The Balaban J connectivity index is 1.71. The van der Waals surface area contributed by atoms with Crippen LogP contribution in [0.5, 0.6) is 0 Å². The quantitative estimate of drug-likeness (QED) is 0.724. The Morgan fingerprint density at radius 1 is 1.04 bits per heavy atom. The van der Waals surface area contributed by atoms with Gasteiger partial charge in [-0.15, -0.1) is 0 Å². The molecule has 0 aliphatic heterocycles. The molecule has 128 valence electrons. The SMILES string of the molecule is CC(C)(C)OC(=O)Nc1ccc(Nc2cccc3cccnc23)nc1. The van der Waals surface area contributed by atoms with E-state index in [2.05, 4.69) is 20.6 Å². The highest BCUT2D eigenvalue weighted by Gasteiger charge is 2.16. The molecule has 0 saturated heterocycles. The second-order valence-corrected chi connectivity index (χ2v) is 6.56. The van der Waals surface area contributed by atoms with Crippen LogP contribution in [0.2, 0.25) is 0 Å². The molecule has 2 N–H and O–H groups in total. The maximum absolute atomic E-state index is 11.8. The number of carbonyl (C=O) groups is 1. The molecule has 2 aromatic heterocycles. The van der Waals surface area contributed by atoms with Crippen LogP contribution in [-0.4, -0.2) is 21.7 Å². The summed E-state index contributed by atoms with van der Waals surface area (Å²) in [5.74, 6) is 0.660. The van der Waals surface area contributed by atoms with E-state index in [-0.39, 0.29) is 0 Å². The molecule has 1 amide bonds. The molecule has 3 rings (SSSR count). The molecule has 0 unspecified atom stereocenters. The lowest BCUT2D eigenvalue weighted by Gasteiger charge is -2.19. The standard InChI is InChI=1S/C19H20N4O2/c1-19(2,3)25-18(24)22-14-9-10-16(21-12-14)23-15-8-4-6-13-7-5-11-20-17(13)15/h4-12H,1-3H3,(H,21,23)(H,22,24). The van der Waals surface area contributed by atoms with Crippen molar-refractivity contribution in [3.8, 4) is 0 Å². The van der Waals surface area contributed by atoms with Crippen molar-refractivity contribution in [3.63, 3.8) is 0 Å². The molecule has 0 aliphatic rings. The number of fused-ring (bicyclic) bond motifs is 1. The first-order valence-corrected chi connectivity index (χ1v) is 7.97. The molecule has 25 heavy (non-hydrogen) atoms. The van der Waals surface area contributed by atoms with Crippen LogP contribution >= 0.6 is 0 Å². The van der Waals surface area contributed by atoms with Crippen molar-refractivity contribution < 1.29 is 9.53 Å². The van der Waals surface area contributed by atoms with E-state index in [1.807, 2.05) is 51.1 Å². The van der Waals surface area contributed by atoms with Crippen LogP contribution in [-0.2, 0) is 4.74 Å². The second kappa shape index (κ2) is 6.76. The minimum atomic E-state index is -0.541. The Labute approximate surface area is 146 Å². The van der Waals surface area contributed by atoms with Gasteiger partial charge < -0.3 is 10.1 Å². The van der Waals surface area contributed by atoms with Gasteiger partial charge in [-0.05, 0) is 45.0 Å². The van der Waals surface area contributed by atoms with Gasteiger partial charge in [0, 0.05) is 11.6 Å². The van der Waals surface area contributed by atoms with E-state index in [0.29, 0.717) is 11.5 Å². The maximum atomic E-state index is 11.8. The first-order valence-electron chi connectivity index (χ1n) is 7.97. The number of hydrogen-bond donors (Lipinski definition) is 2. The minimum absolute atomic E-state index is 0.506. The highest BCUT2D eigenvalue weighted by molar-refractivity contribution is 5.91. The zero-order valence-corrected chi connectivity index (χ0v) is 14.4. The van der Waals surface area contributed by atoms with Crippen molar-refractivity contribution in [2.24, 2.45) is 0 Å². The van der Waals surface area contributed by atoms with Gasteiger partial charge in [0.25, 0.3) is 0 Å². The molecule has 0 fully saturated rings. The largest absolute Gasteiger partial charge is 0.444 e. The first-order chi connectivity index (χ1) is 11.9. The van der Waals surface area contributed by atoms with E-state index < -0.39 is 11.7 Å². The van der Waals surface area contributed by atoms with E-state index in [4.69, 9.17) is 4.74 Å². The fraction of sp³-hybridized carbons (Fsp3) is 0.211. The van der Waals surface area contributed by atoms with Crippen molar-refractivity contribution in [1.82, 2.24) is 9.97 Å². The van der Waals surface area contributed by atoms with Crippen LogP contribution in [0.3, 0.4) is 0 Å². The van der Waals surface area contributed by atoms with Gasteiger partial charge in [0.15, 0.2) is 0 Å². The first kappa shape index (κ1) is 16.7. The molecule has 0 bridgehead atoms. The lowest BCUT2D eigenvalue weighted by Crippen LogP contribution is -2.27. The fourth-order valence-corrected chi connectivity index (χ4v) is 2.31. The third-order valence-corrected chi connectivity index (χ3v) is 3.30. The van der Waals surface area contributed by atoms with Crippen molar-refractivity contribution in [2.45, 2.75) is 26.4 Å². The second-order valence-electron chi connectivity index (χ2n) is 6.56. The average molecular weight is 336 g/mol. The number of aromatic nitrogens is 2. The summed E-state index contributed by atoms with van der Waals surface area (Å²) in [4.78, 5) is 20.5. The van der Waals surface area contributed by atoms with Gasteiger partial charge >= 0.3 is 6.09 Å². The molecule has 0 saturated carbocycles. The summed E-state index contributed by atoms with van der Waals surface area (Å²) in [7, 11) is 0. The van der Waals surface area contributed by atoms with E-state index in [1.165, 1.54) is 0 Å². The number of ether oxygens (including phenoxy) is 1. The van der Waals surface area contributed by atoms with Crippen LogP contribution in [0.4, 0.5) is 22.0 Å². The van der Waals surface area contributed by atoms with Crippen molar-refractivity contribution in [3.05, 3.63) is 54.9 Å². The predicted octanol–water partition coefficient (Wildman–Crippen LogP) is 4.72. The van der Waals surface area contributed by atoms with Crippen LogP contribution in [0.25, 0.3) is 10.9 Å². The number of amides is 1. The topological polar surface area (TPSA) is 76.1 Å². The summed E-state index contributed by atoms with van der Waals surface area (Å²) in [5, 5.41) is 6.96. The Hall–Kier alpha value is -3.15. The number of benzene rings is 1. The Morgan fingerprint density at radius 2 is 1.84 bits per heavy atom. The summed E-state index contributed by atoms with van der Waals surface area (Å²) >= 11 is 0. The summed E-state index contributed by atoms with van der Waals surface area (Å²) in [6.07, 6.45) is 2.83. The smallest absolute Gasteiger partial charge is 0.412 e. The van der Waals surface area contributed by atoms with Crippen molar-refractivity contribution >= 4 is 34.2 Å². The van der Waals surface area contributed by atoms with Gasteiger partial charge in [0.1, 0.15) is 11.4 Å². The molecule has 2 heterocycles.